The summed E-state index contributed by atoms with van der Waals surface area (Å²) in [6.45, 7) is 3.48. The quantitative estimate of drug-likeness (QED) is 0.898. The first-order valence-electron chi connectivity index (χ1n) is 5.98. The lowest BCUT2D eigenvalue weighted by Gasteiger charge is -2.25. The third kappa shape index (κ3) is 2.74. The Kier molecular flexibility index (Phi) is 3.65. The summed E-state index contributed by atoms with van der Waals surface area (Å²) in [4.78, 5) is 19.7. The van der Waals surface area contributed by atoms with Gasteiger partial charge in [0.25, 0.3) is 5.91 Å². The monoisotopic (exact) mass is 275 g/mol. The summed E-state index contributed by atoms with van der Waals surface area (Å²) >= 11 is 0. The Labute approximate surface area is 115 Å². The van der Waals surface area contributed by atoms with Crippen LogP contribution in [0.3, 0.4) is 0 Å². The van der Waals surface area contributed by atoms with Crippen molar-refractivity contribution in [2.75, 3.05) is 0 Å². The van der Waals surface area contributed by atoms with Gasteiger partial charge in [-0.25, -0.2) is 4.39 Å². The van der Waals surface area contributed by atoms with E-state index in [-0.39, 0.29) is 0 Å². The summed E-state index contributed by atoms with van der Waals surface area (Å²) in [5.74, 6) is -2.10. The maximum atomic E-state index is 13.6. The lowest BCUT2D eigenvalue weighted by atomic mass is 9.99. The number of pyridine rings is 2. The van der Waals surface area contributed by atoms with Crippen LogP contribution < -0.4 is 5.32 Å². The van der Waals surface area contributed by atoms with Crippen molar-refractivity contribution in [3.63, 3.8) is 0 Å². The second-order valence-corrected chi connectivity index (χ2v) is 4.81. The molecule has 2 aromatic rings. The van der Waals surface area contributed by atoms with Crippen LogP contribution in [0.1, 0.15) is 29.9 Å². The molecule has 0 radical (unpaired) electrons. The fraction of sp³-hybridized carbons (Fsp3) is 0.214. The molecule has 0 saturated carbocycles. The molecule has 2 N–H and O–H groups in total. The number of carbonyl (C=O) groups excluding carboxylic acids is 1. The van der Waals surface area contributed by atoms with Gasteiger partial charge in [-0.2, -0.15) is 0 Å². The molecular weight excluding hydrogens is 261 g/mol. The van der Waals surface area contributed by atoms with Crippen molar-refractivity contribution in [1.29, 1.82) is 0 Å². The number of rotatable bonds is 3. The minimum Gasteiger partial charge on any atom is -0.505 e. The fourth-order valence-corrected chi connectivity index (χ4v) is 1.79. The normalized spacial score (nSPS) is 11.2. The van der Waals surface area contributed by atoms with Gasteiger partial charge in [-0.1, -0.05) is 6.07 Å². The van der Waals surface area contributed by atoms with Crippen LogP contribution in [0.4, 0.5) is 4.39 Å². The summed E-state index contributed by atoms with van der Waals surface area (Å²) in [5, 5.41) is 12.2. The zero-order valence-corrected chi connectivity index (χ0v) is 11.1. The number of carbonyl (C=O) groups is 1. The summed E-state index contributed by atoms with van der Waals surface area (Å²) in [7, 11) is 0. The Bertz CT molecular complexity index is 609. The molecule has 0 aliphatic rings. The van der Waals surface area contributed by atoms with E-state index >= 15 is 0 Å². The van der Waals surface area contributed by atoms with Gasteiger partial charge >= 0.3 is 0 Å². The summed E-state index contributed by atoms with van der Waals surface area (Å²) in [6.07, 6.45) is 3.50. The number of hydrogen-bond donors (Lipinski definition) is 2. The van der Waals surface area contributed by atoms with Crippen LogP contribution >= 0.6 is 0 Å². The second kappa shape index (κ2) is 5.24. The second-order valence-electron chi connectivity index (χ2n) is 4.81. The molecule has 2 heterocycles. The SMILES string of the molecule is CC(C)(NC(=O)c1c(O)cncc1F)c1ccccn1. The lowest BCUT2D eigenvalue weighted by Crippen LogP contribution is -2.42. The molecule has 20 heavy (non-hydrogen) atoms. The van der Waals surface area contributed by atoms with Gasteiger partial charge < -0.3 is 10.4 Å². The number of halogens is 1. The Hall–Kier alpha value is -2.50. The molecule has 0 bridgehead atoms. The summed E-state index contributed by atoms with van der Waals surface area (Å²) in [5.41, 5.74) is -0.605. The third-order valence-electron chi connectivity index (χ3n) is 2.84. The maximum Gasteiger partial charge on any atom is 0.258 e. The maximum absolute atomic E-state index is 13.6. The number of amides is 1. The fourth-order valence-electron chi connectivity index (χ4n) is 1.79. The lowest BCUT2D eigenvalue weighted by molar-refractivity contribution is 0.0903. The van der Waals surface area contributed by atoms with Crippen LogP contribution in [-0.4, -0.2) is 21.0 Å². The van der Waals surface area contributed by atoms with E-state index in [1.807, 2.05) is 0 Å². The van der Waals surface area contributed by atoms with E-state index in [4.69, 9.17) is 0 Å². The van der Waals surface area contributed by atoms with Gasteiger partial charge in [-0.05, 0) is 26.0 Å². The Morgan fingerprint density at radius 3 is 2.70 bits per heavy atom. The van der Waals surface area contributed by atoms with Crippen LogP contribution in [-0.2, 0) is 5.54 Å². The van der Waals surface area contributed by atoms with Crippen molar-refractivity contribution in [3.05, 3.63) is 53.9 Å². The minimum absolute atomic E-state index is 0.427. The van der Waals surface area contributed by atoms with Crippen LogP contribution in [0.2, 0.25) is 0 Å². The van der Waals surface area contributed by atoms with Gasteiger partial charge in [0.2, 0.25) is 0 Å². The highest BCUT2D eigenvalue weighted by atomic mass is 19.1. The van der Waals surface area contributed by atoms with E-state index in [2.05, 4.69) is 15.3 Å². The van der Waals surface area contributed by atoms with Crippen LogP contribution in [0.5, 0.6) is 5.75 Å². The van der Waals surface area contributed by atoms with Gasteiger partial charge in [0.05, 0.1) is 23.6 Å². The standard InChI is InChI=1S/C14H14FN3O2/c1-14(2,11-5-3-4-6-17-11)18-13(20)12-9(15)7-16-8-10(12)19/h3-8,19H,1-2H3,(H,18,20). The van der Waals surface area contributed by atoms with Gasteiger partial charge in [0, 0.05) is 6.20 Å². The molecular formula is C14H14FN3O2. The summed E-state index contributed by atoms with van der Waals surface area (Å²) < 4.78 is 13.6. The minimum atomic E-state index is -0.876. The molecule has 1 amide bonds. The molecule has 0 spiro atoms. The average Bonchev–Trinajstić information content (AvgIpc) is 2.39. The van der Waals surface area contributed by atoms with Crippen molar-refractivity contribution < 1.29 is 14.3 Å². The highest BCUT2D eigenvalue weighted by Gasteiger charge is 2.27. The third-order valence-corrected chi connectivity index (χ3v) is 2.84. The Balaban J connectivity index is 2.28. The zero-order chi connectivity index (χ0) is 14.8. The highest BCUT2D eigenvalue weighted by Crippen LogP contribution is 2.22. The van der Waals surface area contributed by atoms with E-state index in [0.717, 1.165) is 12.4 Å². The first-order chi connectivity index (χ1) is 9.42. The molecule has 2 rings (SSSR count). The average molecular weight is 275 g/mol. The largest absolute Gasteiger partial charge is 0.505 e. The van der Waals surface area contributed by atoms with E-state index in [1.54, 1.807) is 38.2 Å². The Morgan fingerprint density at radius 1 is 1.35 bits per heavy atom. The van der Waals surface area contributed by atoms with Gasteiger partial charge in [0.15, 0.2) is 5.82 Å². The molecule has 0 fully saturated rings. The number of aromatic nitrogens is 2. The van der Waals surface area contributed by atoms with Crippen LogP contribution in [0.25, 0.3) is 0 Å². The molecule has 5 nitrogen and oxygen atoms in total. The van der Waals surface area contributed by atoms with Crippen molar-refractivity contribution in [3.8, 4) is 5.75 Å². The topological polar surface area (TPSA) is 75.1 Å². The van der Waals surface area contributed by atoms with E-state index in [0.29, 0.717) is 5.69 Å². The van der Waals surface area contributed by atoms with Crippen molar-refractivity contribution in [1.82, 2.24) is 15.3 Å². The molecule has 104 valence electrons. The smallest absolute Gasteiger partial charge is 0.258 e. The van der Waals surface area contributed by atoms with Gasteiger partial charge in [-0.3, -0.25) is 14.8 Å². The molecule has 0 saturated heterocycles. The first kappa shape index (κ1) is 13.9. The molecule has 2 aromatic heterocycles. The number of nitrogens with one attached hydrogen (secondary N) is 1. The van der Waals surface area contributed by atoms with Crippen molar-refractivity contribution >= 4 is 5.91 Å². The van der Waals surface area contributed by atoms with E-state index in [9.17, 15) is 14.3 Å². The van der Waals surface area contributed by atoms with Crippen LogP contribution in [0, 0.1) is 5.82 Å². The van der Waals surface area contributed by atoms with E-state index < -0.39 is 28.6 Å². The molecule has 0 atom stereocenters. The van der Waals surface area contributed by atoms with Gasteiger partial charge in [-0.15, -0.1) is 0 Å². The van der Waals surface area contributed by atoms with E-state index in [1.165, 1.54) is 0 Å². The van der Waals surface area contributed by atoms with Gasteiger partial charge in [0.1, 0.15) is 11.3 Å². The van der Waals surface area contributed by atoms with Crippen molar-refractivity contribution in [2.24, 2.45) is 0 Å². The molecule has 6 heteroatoms. The predicted octanol–water partition coefficient (Wildman–Crippen LogP) is 1.99. The van der Waals surface area contributed by atoms with Crippen molar-refractivity contribution in [2.45, 2.75) is 19.4 Å². The molecule has 0 unspecified atom stereocenters. The number of hydrogen-bond acceptors (Lipinski definition) is 4. The highest BCUT2D eigenvalue weighted by molar-refractivity contribution is 5.97. The summed E-state index contributed by atoms with van der Waals surface area (Å²) in [6, 6.07) is 5.31. The predicted molar refractivity (Wildman–Crippen MR) is 70.6 cm³/mol. The number of nitrogens with zero attached hydrogens (tertiary/aromatic N) is 2. The molecule has 0 aromatic carbocycles. The molecule has 0 aliphatic heterocycles. The Morgan fingerprint density at radius 2 is 2.10 bits per heavy atom. The number of aromatic hydroxyl groups is 1. The van der Waals surface area contributed by atoms with Crippen LogP contribution in [0.15, 0.2) is 36.8 Å². The molecule has 0 aliphatic carbocycles. The zero-order valence-electron chi connectivity index (χ0n) is 11.1. The first-order valence-corrected chi connectivity index (χ1v) is 5.98.